The molecule has 116 valence electrons. The molecule has 0 radical (unpaired) electrons. The Kier molecular flexibility index (Phi) is 5.25. The number of ether oxygens (including phenoxy) is 1. The van der Waals surface area contributed by atoms with Gasteiger partial charge in [0.15, 0.2) is 11.6 Å². The first-order valence-corrected chi connectivity index (χ1v) is 7.09. The van der Waals surface area contributed by atoms with Crippen molar-refractivity contribution < 1.29 is 18.3 Å². The molecule has 1 amide bonds. The van der Waals surface area contributed by atoms with Crippen molar-refractivity contribution >= 4 is 5.91 Å². The predicted molar refractivity (Wildman–Crippen MR) is 74.5 cm³/mol. The van der Waals surface area contributed by atoms with Crippen molar-refractivity contribution in [2.45, 2.75) is 32.0 Å². The van der Waals surface area contributed by atoms with E-state index in [0.29, 0.717) is 31.6 Å². The lowest BCUT2D eigenvalue weighted by molar-refractivity contribution is -0.130. The topological polar surface area (TPSA) is 41.6 Å². The molecule has 1 fully saturated rings. The quantitative estimate of drug-likeness (QED) is 0.819. The van der Waals surface area contributed by atoms with Gasteiger partial charge in [0, 0.05) is 20.3 Å². The number of hydrogen-bond donors (Lipinski definition) is 1. The van der Waals surface area contributed by atoms with Gasteiger partial charge in [-0.1, -0.05) is 13.0 Å². The van der Waals surface area contributed by atoms with Gasteiger partial charge in [-0.15, -0.1) is 0 Å². The summed E-state index contributed by atoms with van der Waals surface area (Å²) < 4.78 is 31.5. The minimum absolute atomic E-state index is 0.0108. The lowest BCUT2D eigenvalue weighted by atomic mass is 10.1. The van der Waals surface area contributed by atoms with E-state index < -0.39 is 17.8 Å². The fraction of sp³-hybridized carbons (Fsp3) is 0.533. The van der Waals surface area contributed by atoms with E-state index in [1.54, 1.807) is 12.0 Å². The first-order chi connectivity index (χ1) is 10.1. The summed E-state index contributed by atoms with van der Waals surface area (Å²) in [5.74, 6) is -1.80. The number of methoxy groups -OCH3 is 1. The fourth-order valence-electron chi connectivity index (χ4n) is 2.55. The predicted octanol–water partition coefficient (Wildman–Crippen LogP) is 2.21. The normalized spacial score (nSPS) is 22.1. The van der Waals surface area contributed by atoms with Gasteiger partial charge in [0.1, 0.15) is 6.17 Å². The van der Waals surface area contributed by atoms with Crippen molar-refractivity contribution in [2.24, 2.45) is 0 Å². The van der Waals surface area contributed by atoms with Crippen LogP contribution in [0.1, 0.15) is 31.5 Å². The average molecular weight is 298 g/mol. The smallest absolute Gasteiger partial charge is 0.241 e. The Morgan fingerprint density at radius 3 is 2.71 bits per heavy atom. The standard InChI is InChI=1S/C15H20F2N2O2/c1-3-13-15(20)19(7-4-8-21-2)14(18-13)10-5-6-11(16)12(17)9-10/h5-6,9,13-14,18H,3-4,7-8H2,1-2H3. The minimum Gasteiger partial charge on any atom is -0.385 e. The van der Waals surface area contributed by atoms with Crippen molar-refractivity contribution in [1.29, 1.82) is 0 Å². The van der Waals surface area contributed by atoms with Gasteiger partial charge in [-0.05, 0) is 30.5 Å². The largest absolute Gasteiger partial charge is 0.385 e. The fourth-order valence-corrected chi connectivity index (χ4v) is 2.55. The summed E-state index contributed by atoms with van der Waals surface area (Å²) in [6, 6.07) is 3.45. The van der Waals surface area contributed by atoms with Crippen LogP contribution in [-0.4, -0.2) is 37.1 Å². The molecule has 0 spiro atoms. The highest BCUT2D eigenvalue weighted by atomic mass is 19.2. The molecule has 1 saturated heterocycles. The highest BCUT2D eigenvalue weighted by Crippen LogP contribution is 2.27. The van der Waals surface area contributed by atoms with Crippen LogP contribution in [-0.2, 0) is 9.53 Å². The number of amides is 1. The summed E-state index contributed by atoms with van der Waals surface area (Å²) in [5.41, 5.74) is 0.551. The van der Waals surface area contributed by atoms with Crippen LogP contribution in [0.4, 0.5) is 8.78 Å². The van der Waals surface area contributed by atoms with Gasteiger partial charge < -0.3 is 9.64 Å². The lowest BCUT2D eigenvalue weighted by Gasteiger charge is -2.24. The monoisotopic (exact) mass is 298 g/mol. The van der Waals surface area contributed by atoms with Gasteiger partial charge in [0.2, 0.25) is 5.91 Å². The molecule has 0 saturated carbocycles. The minimum atomic E-state index is -0.904. The highest BCUT2D eigenvalue weighted by Gasteiger charge is 2.38. The molecule has 1 aromatic carbocycles. The molecule has 2 rings (SSSR count). The molecule has 1 aliphatic heterocycles. The maximum absolute atomic E-state index is 13.4. The van der Waals surface area contributed by atoms with Crippen molar-refractivity contribution in [3.63, 3.8) is 0 Å². The van der Waals surface area contributed by atoms with Crippen LogP contribution in [0.3, 0.4) is 0 Å². The Morgan fingerprint density at radius 2 is 2.10 bits per heavy atom. The van der Waals surface area contributed by atoms with Gasteiger partial charge >= 0.3 is 0 Å². The molecule has 1 heterocycles. The van der Waals surface area contributed by atoms with Crippen LogP contribution >= 0.6 is 0 Å². The van der Waals surface area contributed by atoms with Crippen molar-refractivity contribution in [3.8, 4) is 0 Å². The maximum Gasteiger partial charge on any atom is 0.241 e. The molecule has 21 heavy (non-hydrogen) atoms. The van der Waals surface area contributed by atoms with Gasteiger partial charge in [-0.2, -0.15) is 0 Å². The van der Waals surface area contributed by atoms with Crippen LogP contribution in [0.25, 0.3) is 0 Å². The van der Waals surface area contributed by atoms with Crippen molar-refractivity contribution in [3.05, 3.63) is 35.4 Å². The second-order valence-electron chi connectivity index (χ2n) is 5.08. The summed E-state index contributed by atoms with van der Waals surface area (Å²) >= 11 is 0. The molecule has 1 aliphatic rings. The number of carbonyl (C=O) groups is 1. The second kappa shape index (κ2) is 6.95. The number of halogens is 2. The molecule has 0 bridgehead atoms. The van der Waals surface area contributed by atoms with Gasteiger partial charge in [-0.25, -0.2) is 8.78 Å². The SMILES string of the molecule is CCC1NC(c2ccc(F)c(F)c2)N(CCCOC)C1=O. The van der Waals surface area contributed by atoms with Crippen molar-refractivity contribution in [1.82, 2.24) is 10.2 Å². The Hall–Kier alpha value is -1.53. The molecule has 2 unspecified atom stereocenters. The van der Waals surface area contributed by atoms with Crippen LogP contribution < -0.4 is 5.32 Å². The summed E-state index contributed by atoms with van der Waals surface area (Å²) in [5, 5.41) is 3.18. The number of carbonyl (C=O) groups excluding carboxylic acids is 1. The van der Waals surface area contributed by atoms with E-state index in [1.165, 1.54) is 6.07 Å². The third kappa shape index (κ3) is 3.39. The van der Waals surface area contributed by atoms with E-state index in [4.69, 9.17) is 4.74 Å². The molecular formula is C15H20F2N2O2. The zero-order valence-electron chi connectivity index (χ0n) is 12.2. The van der Waals surface area contributed by atoms with Gasteiger partial charge in [0.05, 0.1) is 6.04 Å². The summed E-state index contributed by atoms with van der Waals surface area (Å²) in [4.78, 5) is 14.0. The molecule has 6 heteroatoms. The van der Waals surface area contributed by atoms with Crippen molar-refractivity contribution in [2.75, 3.05) is 20.3 Å². The Balaban J connectivity index is 2.21. The summed E-state index contributed by atoms with van der Waals surface area (Å²) in [6.07, 6.45) is 0.926. The average Bonchev–Trinajstić information content (AvgIpc) is 2.79. The number of benzene rings is 1. The number of nitrogens with zero attached hydrogens (tertiary/aromatic N) is 1. The highest BCUT2D eigenvalue weighted by molar-refractivity contribution is 5.84. The van der Waals surface area contributed by atoms with Crippen LogP contribution in [0.2, 0.25) is 0 Å². The molecule has 0 aromatic heterocycles. The lowest BCUT2D eigenvalue weighted by Crippen LogP contribution is -2.32. The molecule has 2 atom stereocenters. The zero-order chi connectivity index (χ0) is 15.4. The Morgan fingerprint density at radius 1 is 1.33 bits per heavy atom. The second-order valence-corrected chi connectivity index (χ2v) is 5.08. The third-order valence-corrected chi connectivity index (χ3v) is 3.67. The van der Waals surface area contributed by atoms with E-state index in [0.717, 1.165) is 12.1 Å². The van der Waals surface area contributed by atoms with Gasteiger partial charge in [-0.3, -0.25) is 10.1 Å². The van der Waals surface area contributed by atoms with E-state index in [2.05, 4.69) is 5.32 Å². The molecule has 4 nitrogen and oxygen atoms in total. The van der Waals surface area contributed by atoms with Crippen LogP contribution in [0.15, 0.2) is 18.2 Å². The summed E-state index contributed by atoms with van der Waals surface area (Å²) in [7, 11) is 1.60. The Bertz CT molecular complexity index is 510. The molecule has 0 aliphatic carbocycles. The number of rotatable bonds is 6. The van der Waals surface area contributed by atoms with Crippen LogP contribution in [0.5, 0.6) is 0 Å². The third-order valence-electron chi connectivity index (χ3n) is 3.67. The number of hydrogen-bond acceptors (Lipinski definition) is 3. The van der Waals surface area contributed by atoms with E-state index in [9.17, 15) is 13.6 Å². The van der Waals surface area contributed by atoms with E-state index >= 15 is 0 Å². The molecule has 1 N–H and O–H groups in total. The maximum atomic E-state index is 13.4. The first kappa shape index (κ1) is 15.9. The van der Waals surface area contributed by atoms with Crippen LogP contribution in [0, 0.1) is 11.6 Å². The molecular weight excluding hydrogens is 278 g/mol. The molecule has 1 aromatic rings. The van der Waals surface area contributed by atoms with E-state index in [-0.39, 0.29) is 11.9 Å². The first-order valence-electron chi connectivity index (χ1n) is 7.09. The van der Waals surface area contributed by atoms with E-state index in [1.807, 2.05) is 6.92 Å². The Labute approximate surface area is 123 Å². The number of nitrogens with one attached hydrogen (secondary N) is 1. The van der Waals surface area contributed by atoms with Gasteiger partial charge in [0.25, 0.3) is 0 Å². The summed E-state index contributed by atoms with van der Waals surface area (Å²) in [6.45, 7) is 2.97. The zero-order valence-corrected chi connectivity index (χ0v) is 12.2.